The zero-order chi connectivity index (χ0) is 15.4. The maximum absolute atomic E-state index is 11.5. The van der Waals surface area contributed by atoms with Crippen LogP contribution in [0.4, 0.5) is 0 Å². The molecule has 0 aromatic heterocycles. The van der Waals surface area contributed by atoms with Crippen LogP contribution in [-0.4, -0.2) is 45.5 Å². The van der Waals surface area contributed by atoms with Gasteiger partial charge in [0.2, 0.25) is 5.91 Å². The van der Waals surface area contributed by atoms with E-state index in [-0.39, 0.29) is 17.0 Å². The molecule has 0 aromatic carbocycles. The molecule has 0 aliphatic carbocycles. The van der Waals surface area contributed by atoms with E-state index < -0.39 is 5.97 Å². The van der Waals surface area contributed by atoms with Gasteiger partial charge in [-0.25, -0.2) is 4.79 Å². The number of carboxylic acids is 1. The van der Waals surface area contributed by atoms with Crippen LogP contribution in [0.1, 0.15) is 32.6 Å². The molecular formula is C13H19N3O3S2. The number of β-lactam (4-membered cyclic amide) rings is 1. The van der Waals surface area contributed by atoms with E-state index in [4.69, 9.17) is 12.2 Å². The minimum atomic E-state index is -1.00. The summed E-state index contributed by atoms with van der Waals surface area (Å²) >= 11 is 6.58. The molecule has 3 N–H and O–H groups in total. The van der Waals surface area contributed by atoms with Crippen molar-refractivity contribution in [2.45, 2.75) is 38.0 Å². The van der Waals surface area contributed by atoms with Gasteiger partial charge in [-0.3, -0.25) is 9.69 Å². The summed E-state index contributed by atoms with van der Waals surface area (Å²) in [6.07, 6.45) is 2.92. The number of nitrogens with zero attached hydrogens (tertiary/aromatic N) is 1. The number of rotatable bonds is 7. The highest BCUT2D eigenvalue weighted by Gasteiger charge is 2.47. The number of thiocarbonyl (C=S) groups is 1. The molecule has 2 aliphatic heterocycles. The Morgan fingerprint density at radius 1 is 1.48 bits per heavy atom. The van der Waals surface area contributed by atoms with E-state index in [1.54, 1.807) is 0 Å². The van der Waals surface area contributed by atoms with Gasteiger partial charge in [-0.1, -0.05) is 0 Å². The van der Waals surface area contributed by atoms with E-state index in [2.05, 4.69) is 10.6 Å². The highest BCUT2D eigenvalue weighted by molar-refractivity contribution is 8.04. The Kier molecular flexibility index (Phi) is 5.46. The Balaban J connectivity index is 1.77. The summed E-state index contributed by atoms with van der Waals surface area (Å²) in [5.41, 5.74) is 0.192. The predicted molar refractivity (Wildman–Crippen MR) is 85.6 cm³/mol. The average Bonchev–Trinajstić information content (AvgIpc) is 2.71. The zero-order valence-corrected chi connectivity index (χ0v) is 13.5. The summed E-state index contributed by atoms with van der Waals surface area (Å²) in [5.74, 6) is -1.09. The molecule has 1 fully saturated rings. The van der Waals surface area contributed by atoms with E-state index in [0.29, 0.717) is 18.0 Å². The zero-order valence-electron chi connectivity index (χ0n) is 11.8. The van der Waals surface area contributed by atoms with Gasteiger partial charge in [0, 0.05) is 18.0 Å². The molecule has 2 rings (SSSR count). The average molecular weight is 329 g/mol. The highest BCUT2D eigenvalue weighted by Crippen LogP contribution is 2.47. The molecule has 0 bridgehead atoms. The Morgan fingerprint density at radius 3 is 2.86 bits per heavy atom. The summed E-state index contributed by atoms with van der Waals surface area (Å²) in [6.45, 7) is 3.54. The number of amides is 1. The van der Waals surface area contributed by atoms with Gasteiger partial charge in [0.25, 0.3) is 0 Å². The van der Waals surface area contributed by atoms with Gasteiger partial charge >= 0.3 is 5.97 Å². The fourth-order valence-corrected chi connectivity index (χ4v) is 4.03. The second-order valence-corrected chi connectivity index (χ2v) is 6.54. The number of hydrogen-bond donors (Lipinski definition) is 3. The van der Waals surface area contributed by atoms with Gasteiger partial charge in [0.15, 0.2) is 5.11 Å². The Morgan fingerprint density at radius 2 is 2.24 bits per heavy atom. The molecule has 2 heterocycles. The third-order valence-electron chi connectivity index (χ3n) is 3.35. The molecule has 1 atom stereocenters. The minimum Gasteiger partial charge on any atom is -0.477 e. The largest absolute Gasteiger partial charge is 0.477 e. The van der Waals surface area contributed by atoms with Crippen LogP contribution in [0.15, 0.2) is 10.6 Å². The highest BCUT2D eigenvalue weighted by atomic mass is 32.2. The quantitative estimate of drug-likeness (QED) is 0.368. The summed E-state index contributed by atoms with van der Waals surface area (Å²) in [5, 5.41) is 16.0. The SMILES string of the molecule is CCNC(=S)NCCCCC1=C(C(=O)O)N2C(=O)C[C@@H]2S1. The number of allylic oxidation sites excluding steroid dienone is 1. The fraction of sp³-hybridized carbons (Fsp3) is 0.615. The van der Waals surface area contributed by atoms with Crippen LogP contribution in [0.3, 0.4) is 0 Å². The summed E-state index contributed by atoms with van der Waals surface area (Å²) < 4.78 is 0. The van der Waals surface area contributed by atoms with Crippen molar-refractivity contribution >= 4 is 41.0 Å². The molecule has 2 aliphatic rings. The standard InChI is InChI=1S/C13H19N3O3S2/c1-2-14-13(20)15-6-4-3-5-8-11(12(18)19)16-9(17)7-10(16)21-8/h10H,2-7H2,1H3,(H,18,19)(H2,14,15,20)/t10-/m0/s1. The third kappa shape index (κ3) is 3.68. The maximum atomic E-state index is 11.5. The van der Waals surface area contributed by atoms with Crippen molar-refractivity contribution in [2.24, 2.45) is 0 Å². The lowest BCUT2D eigenvalue weighted by molar-refractivity contribution is -0.145. The molecule has 1 amide bonds. The normalized spacial score (nSPS) is 20.1. The van der Waals surface area contributed by atoms with Crippen LogP contribution < -0.4 is 10.6 Å². The van der Waals surface area contributed by atoms with E-state index in [1.165, 1.54) is 16.7 Å². The number of thioether (sulfide) groups is 1. The summed E-state index contributed by atoms with van der Waals surface area (Å²) in [7, 11) is 0. The van der Waals surface area contributed by atoms with E-state index in [1.807, 2.05) is 6.92 Å². The lowest BCUT2D eigenvalue weighted by Gasteiger charge is -2.33. The number of fused-ring (bicyclic) bond motifs is 1. The number of carbonyl (C=O) groups is 2. The van der Waals surface area contributed by atoms with Crippen LogP contribution in [0.5, 0.6) is 0 Å². The Labute approximate surface area is 133 Å². The van der Waals surface area contributed by atoms with Crippen LogP contribution in [0.2, 0.25) is 0 Å². The lowest BCUT2D eigenvalue weighted by Crippen LogP contribution is -2.48. The van der Waals surface area contributed by atoms with Gasteiger partial charge in [0.05, 0.1) is 11.8 Å². The van der Waals surface area contributed by atoms with Crippen molar-refractivity contribution in [3.8, 4) is 0 Å². The van der Waals surface area contributed by atoms with Crippen LogP contribution in [0.25, 0.3) is 0 Å². The first-order valence-corrected chi connectivity index (χ1v) is 8.30. The maximum Gasteiger partial charge on any atom is 0.353 e. The number of carbonyl (C=O) groups excluding carboxylic acids is 1. The van der Waals surface area contributed by atoms with Gasteiger partial charge in [-0.2, -0.15) is 0 Å². The summed E-state index contributed by atoms with van der Waals surface area (Å²) in [6, 6.07) is 0. The number of nitrogens with one attached hydrogen (secondary N) is 2. The smallest absolute Gasteiger partial charge is 0.353 e. The first-order valence-electron chi connectivity index (χ1n) is 7.01. The first kappa shape index (κ1) is 16.1. The minimum absolute atomic E-state index is 0.0121. The van der Waals surface area contributed by atoms with Crippen molar-refractivity contribution in [3.05, 3.63) is 10.6 Å². The molecule has 6 nitrogen and oxygen atoms in total. The van der Waals surface area contributed by atoms with Crippen molar-refractivity contribution in [3.63, 3.8) is 0 Å². The van der Waals surface area contributed by atoms with Crippen molar-refractivity contribution < 1.29 is 14.7 Å². The fourth-order valence-electron chi connectivity index (χ4n) is 2.34. The Hall–Kier alpha value is -1.28. The lowest BCUT2D eigenvalue weighted by atomic mass is 10.1. The molecule has 0 spiro atoms. The third-order valence-corrected chi connectivity index (χ3v) is 4.97. The number of unbranched alkanes of at least 4 members (excludes halogenated alkanes) is 1. The van der Waals surface area contributed by atoms with Crippen LogP contribution in [0, 0.1) is 0 Å². The molecule has 0 saturated carbocycles. The van der Waals surface area contributed by atoms with E-state index in [0.717, 1.165) is 30.8 Å². The Bertz CT molecular complexity index is 493. The summed E-state index contributed by atoms with van der Waals surface area (Å²) in [4.78, 5) is 25.0. The topological polar surface area (TPSA) is 81.7 Å². The molecule has 8 heteroatoms. The van der Waals surface area contributed by atoms with Crippen LogP contribution >= 0.6 is 24.0 Å². The molecular weight excluding hydrogens is 310 g/mol. The predicted octanol–water partition coefficient (Wildman–Crippen LogP) is 1.24. The number of hydrogen-bond acceptors (Lipinski definition) is 4. The van der Waals surface area contributed by atoms with Crippen molar-refractivity contribution in [2.75, 3.05) is 13.1 Å². The van der Waals surface area contributed by atoms with E-state index >= 15 is 0 Å². The molecule has 1 saturated heterocycles. The second-order valence-electron chi connectivity index (χ2n) is 4.86. The first-order chi connectivity index (χ1) is 10.0. The van der Waals surface area contributed by atoms with Crippen LogP contribution in [-0.2, 0) is 9.59 Å². The molecule has 0 unspecified atom stereocenters. The molecule has 0 radical (unpaired) electrons. The molecule has 116 valence electrons. The van der Waals surface area contributed by atoms with E-state index in [9.17, 15) is 14.7 Å². The molecule has 0 aromatic rings. The van der Waals surface area contributed by atoms with Gasteiger partial charge in [0.1, 0.15) is 5.70 Å². The number of carboxylic acid groups (broad SMARTS) is 1. The van der Waals surface area contributed by atoms with Gasteiger partial charge < -0.3 is 15.7 Å². The van der Waals surface area contributed by atoms with Crippen molar-refractivity contribution in [1.82, 2.24) is 15.5 Å². The van der Waals surface area contributed by atoms with Crippen molar-refractivity contribution in [1.29, 1.82) is 0 Å². The van der Waals surface area contributed by atoms with Gasteiger partial charge in [-0.15, -0.1) is 11.8 Å². The second kappa shape index (κ2) is 7.13. The number of aliphatic carboxylic acids is 1. The van der Waals surface area contributed by atoms with Gasteiger partial charge in [-0.05, 0) is 38.4 Å². The monoisotopic (exact) mass is 329 g/mol. The molecule has 21 heavy (non-hydrogen) atoms.